The molecule has 168 valence electrons. The van der Waals surface area contributed by atoms with Gasteiger partial charge in [0.2, 0.25) is 17.6 Å². The molecule has 2 heterocycles. The molecule has 1 amide bonds. The van der Waals surface area contributed by atoms with Crippen molar-refractivity contribution in [3.63, 3.8) is 0 Å². The van der Waals surface area contributed by atoms with E-state index in [-0.39, 0.29) is 17.9 Å². The fourth-order valence-corrected chi connectivity index (χ4v) is 4.25. The highest BCUT2D eigenvalue weighted by atomic mass is 16.5. The van der Waals surface area contributed by atoms with Crippen LogP contribution in [0.25, 0.3) is 11.4 Å². The van der Waals surface area contributed by atoms with E-state index in [1.54, 1.807) is 0 Å². The minimum absolute atomic E-state index is 0.0252. The Hall–Kier alpha value is -2.99. The Balaban J connectivity index is 1.35. The molecule has 32 heavy (non-hydrogen) atoms. The molecule has 2 aromatic carbocycles. The Labute approximate surface area is 190 Å². The van der Waals surface area contributed by atoms with Crippen molar-refractivity contribution in [2.45, 2.75) is 52.6 Å². The fraction of sp³-hybridized carbons (Fsp3) is 0.423. The number of hydrogen-bond donors (Lipinski definition) is 1. The summed E-state index contributed by atoms with van der Waals surface area (Å²) < 4.78 is 5.49. The summed E-state index contributed by atoms with van der Waals surface area (Å²) in [6.45, 7) is 8.45. The second kappa shape index (κ2) is 10.1. The number of aryl methyl sites for hydroxylation is 2. The second-order valence-corrected chi connectivity index (χ2v) is 8.83. The predicted molar refractivity (Wildman–Crippen MR) is 125 cm³/mol. The first-order chi connectivity index (χ1) is 15.5. The lowest BCUT2D eigenvalue weighted by atomic mass is 9.95. The van der Waals surface area contributed by atoms with Crippen molar-refractivity contribution in [1.29, 1.82) is 0 Å². The van der Waals surface area contributed by atoms with Gasteiger partial charge in [-0.2, -0.15) is 4.98 Å². The maximum Gasteiger partial charge on any atom is 0.241 e. The molecule has 6 nitrogen and oxygen atoms in total. The van der Waals surface area contributed by atoms with Gasteiger partial charge >= 0.3 is 0 Å². The van der Waals surface area contributed by atoms with Gasteiger partial charge in [-0.3, -0.25) is 9.69 Å². The molecule has 1 aliphatic rings. The first-order valence-electron chi connectivity index (χ1n) is 11.5. The van der Waals surface area contributed by atoms with E-state index in [1.165, 1.54) is 11.1 Å². The summed E-state index contributed by atoms with van der Waals surface area (Å²) in [5.41, 5.74) is 4.53. The lowest BCUT2D eigenvalue weighted by molar-refractivity contribution is -0.127. The number of nitrogens with one attached hydrogen (secondary N) is 1. The second-order valence-electron chi connectivity index (χ2n) is 8.83. The van der Waals surface area contributed by atoms with Crippen molar-refractivity contribution in [2.24, 2.45) is 5.92 Å². The van der Waals surface area contributed by atoms with Crippen LogP contribution in [-0.4, -0.2) is 34.0 Å². The number of piperidine rings is 1. The number of rotatable bonds is 7. The maximum atomic E-state index is 13.0. The number of nitrogens with zero attached hydrogens (tertiary/aromatic N) is 3. The number of hydrogen-bond acceptors (Lipinski definition) is 5. The Morgan fingerprint density at radius 2 is 1.81 bits per heavy atom. The molecule has 4 rings (SSSR count). The lowest BCUT2D eigenvalue weighted by Gasteiger charge is -2.32. The minimum Gasteiger partial charge on any atom is -0.349 e. The molecule has 1 saturated heterocycles. The third-order valence-corrected chi connectivity index (χ3v) is 6.22. The molecule has 0 radical (unpaired) electrons. The van der Waals surface area contributed by atoms with Gasteiger partial charge in [0, 0.05) is 12.1 Å². The van der Waals surface area contributed by atoms with E-state index < -0.39 is 0 Å². The average Bonchev–Trinajstić information content (AvgIpc) is 3.27. The minimum atomic E-state index is -0.0252. The maximum absolute atomic E-state index is 13.0. The van der Waals surface area contributed by atoms with Crippen LogP contribution < -0.4 is 5.32 Å². The number of carbonyl (C=O) groups excluding carboxylic acids is 1. The molecule has 0 spiro atoms. The molecule has 2 atom stereocenters. The Morgan fingerprint density at radius 1 is 1.12 bits per heavy atom. The summed E-state index contributed by atoms with van der Waals surface area (Å²) in [5, 5.41) is 7.40. The average molecular weight is 433 g/mol. The van der Waals surface area contributed by atoms with Crippen LogP contribution in [0.15, 0.2) is 53.1 Å². The van der Waals surface area contributed by atoms with Crippen molar-refractivity contribution >= 4 is 5.91 Å². The first-order valence-corrected chi connectivity index (χ1v) is 11.5. The fourth-order valence-electron chi connectivity index (χ4n) is 4.25. The molecular weight excluding hydrogens is 400 g/mol. The van der Waals surface area contributed by atoms with E-state index in [2.05, 4.69) is 65.4 Å². The van der Waals surface area contributed by atoms with E-state index >= 15 is 0 Å². The number of carbonyl (C=O) groups is 1. The van der Waals surface area contributed by atoms with Crippen LogP contribution in [0.2, 0.25) is 0 Å². The first kappa shape index (κ1) is 22.2. The van der Waals surface area contributed by atoms with Crippen molar-refractivity contribution in [3.8, 4) is 11.4 Å². The van der Waals surface area contributed by atoms with E-state index in [0.29, 0.717) is 24.8 Å². The monoisotopic (exact) mass is 432 g/mol. The SMILES string of the molecule is CCC(NC(=O)C1CCCN(Cc2nc(-c3ccc(C)cc3)no2)C1)c1ccc(C)cc1. The Kier molecular flexibility index (Phi) is 7.00. The topological polar surface area (TPSA) is 71.3 Å². The van der Waals surface area contributed by atoms with Crippen LogP contribution in [-0.2, 0) is 11.3 Å². The van der Waals surface area contributed by atoms with Gasteiger partial charge in [-0.25, -0.2) is 0 Å². The normalized spacial score (nSPS) is 17.8. The molecule has 0 saturated carbocycles. The summed E-state index contributed by atoms with van der Waals surface area (Å²) in [6, 6.07) is 16.6. The smallest absolute Gasteiger partial charge is 0.241 e. The molecule has 0 bridgehead atoms. The summed E-state index contributed by atoms with van der Waals surface area (Å²) in [6.07, 6.45) is 2.76. The van der Waals surface area contributed by atoms with Crippen LogP contribution in [0.5, 0.6) is 0 Å². The largest absolute Gasteiger partial charge is 0.349 e. The van der Waals surface area contributed by atoms with Gasteiger partial charge in [-0.1, -0.05) is 71.7 Å². The van der Waals surface area contributed by atoms with Gasteiger partial charge in [0.15, 0.2) is 0 Å². The summed E-state index contributed by atoms with van der Waals surface area (Å²) in [4.78, 5) is 19.8. The highest BCUT2D eigenvalue weighted by molar-refractivity contribution is 5.79. The molecule has 1 aromatic heterocycles. The molecule has 1 fully saturated rings. The third-order valence-electron chi connectivity index (χ3n) is 6.22. The number of amides is 1. The highest BCUT2D eigenvalue weighted by Crippen LogP contribution is 2.23. The summed E-state index contributed by atoms with van der Waals surface area (Å²) in [7, 11) is 0. The summed E-state index contributed by atoms with van der Waals surface area (Å²) >= 11 is 0. The van der Waals surface area contributed by atoms with E-state index in [4.69, 9.17) is 4.52 Å². The molecule has 6 heteroatoms. The van der Waals surface area contributed by atoms with Gasteiger partial charge in [0.05, 0.1) is 18.5 Å². The van der Waals surface area contributed by atoms with Crippen LogP contribution in [0, 0.1) is 19.8 Å². The lowest BCUT2D eigenvalue weighted by Crippen LogP contribution is -2.43. The molecule has 3 aromatic rings. The van der Waals surface area contributed by atoms with Gasteiger partial charge in [0.1, 0.15) is 0 Å². The predicted octanol–water partition coefficient (Wildman–Crippen LogP) is 4.83. The Bertz CT molecular complexity index is 1030. The quantitative estimate of drug-likeness (QED) is 0.579. The van der Waals surface area contributed by atoms with Gasteiger partial charge < -0.3 is 9.84 Å². The number of benzene rings is 2. The standard InChI is InChI=1S/C26H32N4O2/c1-4-23(20-11-7-18(2)8-12-20)27-26(31)22-6-5-15-30(16-22)17-24-28-25(29-32-24)21-13-9-19(3)10-14-21/h7-14,22-23H,4-6,15-17H2,1-3H3,(H,27,31). The number of aromatic nitrogens is 2. The zero-order valence-electron chi connectivity index (χ0n) is 19.2. The van der Waals surface area contributed by atoms with Crippen molar-refractivity contribution in [3.05, 3.63) is 71.1 Å². The molecule has 1 aliphatic heterocycles. The Morgan fingerprint density at radius 3 is 2.50 bits per heavy atom. The summed E-state index contributed by atoms with van der Waals surface area (Å²) in [5.74, 6) is 1.30. The van der Waals surface area contributed by atoms with Gasteiger partial charge in [0.25, 0.3) is 0 Å². The molecule has 1 N–H and O–H groups in total. The van der Waals surface area contributed by atoms with Crippen LogP contribution >= 0.6 is 0 Å². The van der Waals surface area contributed by atoms with E-state index in [1.807, 2.05) is 24.3 Å². The van der Waals surface area contributed by atoms with Crippen molar-refractivity contribution in [1.82, 2.24) is 20.4 Å². The molecule has 0 aliphatic carbocycles. The van der Waals surface area contributed by atoms with E-state index in [9.17, 15) is 4.79 Å². The van der Waals surface area contributed by atoms with E-state index in [0.717, 1.165) is 36.9 Å². The van der Waals surface area contributed by atoms with Crippen molar-refractivity contribution in [2.75, 3.05) is 13.1 Å². The third kappa shape index (κ3) is 5.43. The van der Waals surface area contributed by atoms with Gasteiger partial charge in [-0.15, -0.1) is 0 Å². The molecular formula is C26H32N4O2. The molecule has 2 unspecified atom stereocenters. The number of likely N-dealkylation sites (tertiary alicyclic amines) is 1. The van der Waals surface area contributed by atoms with Gasteiger partial charge in [-0.05, 0) is 45.2 Å². The van der Waals surface area contributed by atoms with Crippen LogP contribution in [0.4, 0.5) is 0 Å². The van der Waals surface area contributed by atoms with Crippen molar-refractivity contribution < 1.29 is 9.32 Å². The zero-order valence-corrected chi connectivity index (χ0v) is 19.2. The zero-order chi connectivity index (χ0) is 22.5. The van der Waals surface area contributed by atoms with Crippen LogP contribution in [0.1, 0.15) is 54.8 Å². The van der Waals surface area contributed by atoms with Crippen LogP contribution in [0.3, 0.4) is 0 Å². The highest BCUT2D eigenvalue weighted by Gasteiger charge is 2.28.